The molecule has 21 heavy (non-hydrogen) atoms. The molecule has 4 nitrogen and oxygen atoms in total. The van der Waals surface area contributed by atoms with Gasteiger partial charge in [0.05, 0.1) is 18.2 Å². The summed E-state index contributed by atoms with van der Waals surface area (Å²) in [5, 5.41) is 13.6. The van der Waals surface area contributed by atoms with Crippen LogP contribution in [0, 0.1) is 11.3 Å². The van der Waals surface area contributed by atoms with Crippen LogP contribution in [0.5, 0.6) is 0 Å². The molecule has 0 spiro atoms. The van der Waals surface area contributed by atoms with Crippen molar-refractivity contribution in [1.82, 2.24) is 10.0 Å². The molecule has 0 unspecified atom stereocenters. The van der Waals surface area contributed by atoms with E-state index in [1.54, 1.807) is 0 Å². The van der Waals surface area contributed by atoms with E-state index < -0.39 is 0 Å². The summed E-state index contributed by atoms with van der Waals surface area (Å²) in [7, 11) is 0. The number of nitrogens with zero attached hydrogens (tertiary/aromatic N) is 4. The first-order valence-corrected chi connectivity index (χ1v) is 7.46. The molecule has 0 aromatic heterocycles. The number of allylic oxidation sites excluding steroid dienone is 2. The lowest BCUT2D eigenvalue weighted by Crippen LogP contribution is -2.43. The molecule has 3 rings (SSSR count). The van der Waals surface area contributed by atoms with E-state index in [2.05, 4.69) is 57.5 Å². The second-order valence-corrected chi connectivity index (χ2v) is 5.37. The molecular weight excluding hydrogens is 260 g/mol. The lowest BCUT2D eigenvalue weighted by atomic mass is 10.2. The first-order valence-electron chi connectivity index (χ1n) is 7.46. The minimum absolute atomic E-state index is 0.693. The van der Waals surface area contributed by atoms with Crippen LogP contribution in [-0.2, 0) is 0 Å². The van der Waals surface area contributed by atoms with E-state index in [4.69, 9.17) is 5.26 Å². The number of rotatable bonds is 2. The van der Waals surface area contributed by atoms with Crippen molar-refractivity contribution in [2.45, 2.75) is 6.42 Å². The molecule has 0 bridgehead atoms. The van der Waals surface area contributed by atoms with E-state index in [-0.39, 0.29) is 0 Å². The molecule has 0 amide bonds. The summed E-state index contributed by atoms with van der Waals surface area (Å²) < 4.78 is 0. The van der Waals surface area contributed by atoms with Crippen LogP contribution in [0.25, 0.3) is 0 Å². The maximum atomic E-state index is 9.05. The van der Waals surface area contributed by atoms with E-state index in [0.717, 1.165) is 38.2 Å². The van der Waals surface area contributed by atoms with Gasteiger partial charge in [-0.05, 0) is 30.7 Å². The lowest BCUT2D eigenvalue weighted by Gasteiger charge is -2.34. The van der Waals surface area contributed by atoms with E-state index in [1.165, 1.54) is 5.69 Å². The zero-order valence-electron chi connectivity index (χ0n) is 12.2. The van der Waals surface area contributed by atoms with Gasteiger partial charge in [-0.25, -0.2) is 5.01 Å². The highest BCUT2D eigenvalue weighted by Gasteiger charge is 2.20. The van der Waals surface area contributed by atoms with Gasteiger partial charge in [-0.2, -0.15) is 5.26 Å². The van der Waals surface area contributed by atoms with Gasteiger partial charge in [0.15, 0.2) is 0 Å². The molecule has 0 saturated carbocycles. The van der Waals surface area contributed by atoms with E-state index in [0.29, 0.717) is 6.54 Å². The van der Waals surface area contributed by atoms with Crippen molar-refractivity contribution in [3.63, 3.8) is 0 Å². The van der Waals surface area contributed by atoms with Gasteiger partial charge in [0.2, 0.25) is 0 Å². The Labute approximate surface area is 126 Å². The van der Waals surface area contributed by atoms with Crippen molar-refractivity contribution in [2.24, 2.45) is 0 Å². The second kappa shape index (κ2) is 6.47. The summed E-state index contributed by atoms with van der Waals surface area (Å²) >= 11 is 0. The van der Waals surface area contributed by atoms with Gasteiger partial charge >= 0.3 is 0 Å². The Hall–Kier alpha value is -2.25. The number of benzene rings is 1. The minimum Gasteiger partial charge on any atom is -0.370 e. The fraction of sp³-hybridized carbons (Fsp3) is 0.353. The van der Waals surface area contributed by atoms with Gasteiger partial charge in [0.25, 0.3) is 0 Å². The number of hydrogen-bond acceptors (Lipinski definition) is 4. The monoisotopic (exact) mass is 280 g/mol. The number of para-hydroxylation sites is 1. The fourth-order valence-corrected chi connectivity index (χ4v) is 2.86. The van der Waals surface area contributed by atoms with Crippen molar-refractivity contribution >= 4 is 5.69 Å². The predicted octanol–water partition coefficient (Wildman–Crippen LogP) is 2.39. The molecule has 1 saturated heterocycles. The first kappa shape index (κ1) is 13.7. The summed E-state index contributed by atoms with van der Waals surface area (Å²) in [5.41, 5.74) is 2.12. The van der Waals surface area contributed by atoms with Gasteiger partial charge < -0.3 is 9.91 Å². The molecular formula is C17H20N4. The van der Waals surface area contributed by atoms with Crippen LogP contribution in [0.15, 0.2) is 54.3 Å². The van der Waals surface area contributed by atoms with Crippen molar-refractivity contribution in [3.05, 3.63) is 54.3 Å². The van der Waals surface area contributed by atoms with Gasteiger partial charge in [-0.1, -0.05) is 18.2 Å². The third-order valence-electron chi connectivity index (χ3n) is 3.99. The predicted molar refractivity (Wildman–Crippen MR) is 84.4 cm³/mol. The summed E-state index contributed by atoms with van der Waals surface area (Å²) in [4.78, 5) is 2.44. The largest absolute Gasteiger partial charge is 0.370 e. The van der Waals surface area contributed by atoms with Crippen LogP contribution in [0.1, 0.15) is 6.42 Å². The van der Waals surface area contributed by atoms with Crippen molar-refractivity contribution in [1.29, 1.82) is 5.26 Å². The summed E-state index contributed by atoms with van der Waals surface area (Å²) in [6.07, 6.45) is 7.05. The van der Waals surface area contributed by atoms with Crippen LogP contribution < -0.4 is 4.90 Å². The van der Waals surface area contributed by atoms with Crippen molar-refractivity contribution in [2.75, 3.05) is 37.6 Å². The molecule has 1 fully saturated rings. The molecule has 2 aliphatic heterocycles. The van der Waals surface area contributed by atoms with Crippen LogP contribution in [0.4, 0.5) is 5.69 Å². The Kier molecular flexibility index (Phi) is 4.23. The van der Waals surface area contributed by atoms with E-state index in [1.807, 2.05) is 12.2 Å². The number of hydrogen-bond donors (Lipinski definition) is 0. The van der Waals surface area contributed by atoms with Gasteiger partial charge in [0, 0.05) is 38.1 Å². The number of nitriles is 1. The molecule has 0 aliphatic carbocycles. The molecule has 2 aliphatic rings. The Balaban J connectivity index is 1.63. The topological polar surface area (TPSA) is 33.5 Å². The molecule has 108 valence electrons. The summed E-state index contributed by atoms with van der Waals surface area (Å²) in [5.74, 6) is 0. The number of anilines is 1. The highest BCUT2D eigenvalue weighted by molar-refractivity contribution is 5.46. The zero-order valence-corrected chi connectivity index (χ0v) is 12.2. The molecule has 4 heteroatoms. The maximum Gasteiger partial charge on any atom is 0.0966 e. The minimum atomic E-state index is 0.693. The Bertz CT molecular complexity index is 570. The Morgan fingerprint density at radius 3 is 2.67 bits per heavy atom. The molecule has 1 aromatic rings. The number of hydrazine groups is 1. The van der Waals surface area contributed by atoms with Crippen LogP contribution in [-0.4, -0.2) is 42.7 Å². The Morgan fingerprint density at radius 2 is 1.86 bits per heavy atom. The SMILES string of the molecule is N#CC1=CC=CN(N2CCCN(c3ccccc3)CC2)C1. The molecule has 0 atom stereocenters. The highest BCUT2D eigenvalue weighted by atomic mass is 15.6. The average molecular weight is 280 g/mol. The Morgan fingerprint density at radius 1 is 1.00 bits per heavy atom. The third-order valence-corrected chi connectivity index (χ3v) is 3.99. The third kappa shape index (κ3) is 3.26. The van der Waals surface area contributed by atoms with Crippen molar-refractivity contribution in [3.8, 4) is 6.07 Å². The zero-order chi connectivity index (χ0) is 14.5. The fourth-order valence-electron chi connectivity index (χ4n) is 2.86. The molecule has 0 radical (unpaired) electrons. The van der Waals surface area contributed by atoms with Crippen LogP contribution in [0.3, 0.4) is 0 Å². The normalized spacial score (nSPS) is 19.9. The van der Waals surface area contributed by atoms with E-state index >= 15 is 0 Å². The van der Waals surface area contributed by atoms with Crippen molar-refractivity contribution < 1.29 is 0 Å². The van der Waals surface area contributed by atoms with Gasteiger partial charge in [0.1, 0.15) is 0 Å². The smallest absolute Gasteiger partial charge is 0.0966 e. The average Bonchev–Trinajstić information content (AvgIpc) is 2.82. The van der Waals surface area contributed by atoms with Gasteiger partial charge in [-0.3, -0.25) is 0 Å². The molecule has 0 N–H and O–H groups in total. The summed E-state index contributed by atoms with van der Waals surface area (Å²) in [6, 6.07) is 12.8. The molecule has 1 aromatic carbocycles. The first-order chi connectivity index (χ1) is 10.4. The maximum absolute atomic E-state index is 9.05. The van der Waals surface area contributed by atoms with Crippen LogP contribution in [0.2, 0.25) is 0 Å². The standard InChI is InChI=1S/C17H20N4/c18-14-16-6-4-10-21(15-16)20-11-5-9-19(12-13-20)17-7-2-1-3-8-17/h1-4,6-8,10H,5,9,11-13,15H2. The quantitative estimate of drug-likeness (QED) is 0.833. The highest BCUT2D eigenvalue weighted by Crippen LogP contribution is 2.18. The second-order valence-electron chi connectivity index (χ2n) is 5.37. The van der Waals surface area contributed by atoms with Gasteiger partial charge in [-0.15, -0.1) is 0 Å². The molecule has 2 heterocycles. The summed E-state index contributed by atoms with van der Waals surface area (Å²) in [6.45, 7) is 4.81. The lowest BCUT2D eigenvalue weighted by molar-refractivity contribution is 0.0374. The van der Waals surface area contributed by atoms with E-state index in [9.17, 15) is 0 Å². The van der Waals surface area contributed by atoms with Crippen LogP contribution >= 0.6 is 0 Å².